The summed E-state index contributed by atoms with van der Waals surface area (Å²) in [5.41, 5.74) is 0.792. The highest BCUT2D eigenvalue weighted by Gasteiger charge is 2.45. The third kappa shape index (κ3) is 4.71. The van der Waals surface area contributed by atoms with Crippen molar-refractivity contribution in [2.45, 2.75) is 68.7 Å². The molecule has 2 aromatic rings. The van der Waals surface area contributed by atoms with Gasteiger partial charge in [0.1, 0.15) is 24.9 Å². The topological polar surface area (TPSA) is 153 Å². The standard InChI is InChI=1S/C20H27ClN6O6/c21-19-25-16(23-11-5-6-31-7-11)13-17(26-19)27(9-22-13)18-15(29)14(28)12(33-18)8-32-20(30)24-10-3-1-2-4-10/h9-12,14-15,18,28-29H,1-8H2,(H,24,30)(H,23,25,26)/t11-,12-,14-,15-,18-/m1/s1. The fourth-order valence-corrected chi connectivity index (χ4v) is 4.72. The van der Waals surface area contributed by atoms with Crippen LogP contribution in [0.2, 0.25) is 5.28 Å². The van der Waals surface area contributed by atoms with Crippen molar-refractivity contribution in [1.29, 1.82) is 0 Å². The number of halogens is 1. The minimum Gasteiger partial charge on any atom is -0.447 e. The second-order valence-corrected chi connectivity index (χ2v) is 8.98. The first-order chi connectivity index (χ1) is 16.0. The maximum Gasteiger partial charge on any atom is 0.407 e. The van der Waals surface area contributed by atoms with Crippen molar-refractivity contribution in [3.63, 3.8) is 0 Å². The number of aliphatic hydroxyl groups excluding tert-OH is 2. The summed E-state index contributed by atoms with van der Waals surface area (Å²) in [5, 5.41) is 27.2. The number of aliphatic hydroxyl groups is 2. The number of carbonyl (C=O) groups excluding carboxylic acids is 1. The first-order valence-electron chi connectivity index (χ1n) is 11.2. The maximum atomic E-state index is 12.1. The molecule has 1 saturated carbocycles. The van der Waals surface area contributed by atoms with Crippen LogP contribution in [-0.2, 0) is 14.2 Å². The zero-order chi connectivity index (χ0) is 22.9. The third-order valence-corrected chi connectivity index (χ3v) is 6.50. The predicted octanol–water partition coefficient (Wildman–Crippen LogP) is 0.968. The van der Waals surface area contributed by atoms with E-state index in [-0.39, 0.29) is 24.0 Å². The van der Waals surface area contributed by atoms with Crippen LogP contribution < -0.4 is 10.6 Å². The number of aromatic nitrogens is 4. The lowest BCUT2D eigenvalue weighted by Gasteiger charge is -2.17. The number of nitrogens with one attached hydrogen (secondary N) is 2. The monoisotopic (exact) mass is 482 g/mol. The van der Waals surface area contributed by atoms with E-state index in [0.29, 0.717) is 30.2 Å². The van der Waals surface area contributed by atoms with Gasteiger partial charge in [-0.1, -0.05) is 12.8 Å². The van der Waals surface area contributed by atoms with Gasteiger partial charge in [0.05, 0.1) is 19.0 Å². The number of alkyl carbamates (subject to hydrolysis) is 1. The number of imidazole rings is 1. The number of fused-ring (bicyclic) bond motifs is 1. The van der Waals surface area contributed by atoms with Crippen LogP contribution >= 0.6 is 11.6 Å². The first-order valence-corrected chi connectivity index (χ1v) is 11.6. The Labute approximate surface area is 194 Å². The fraction of sp³-hybridized carbons (Fsp3) is 0.700. The molecule has 5 atom stereocenters. The molecule has 0 radical (unpaired) electrons. The molecule has 5 rings (SSSR count). The lowest BCUT2D eigenvalue weighted by Crippen LogP contribution is -2.38. The smallest absolute Gasteiger partial charge is 0.407 e. The summed E-state index contributed by atoms with van der Waals surface area (Å²) in [6.45, 7) is 1.01. The molecular weight excluding hydrogens is 456 g/mol. The minimum atomic E-state index is -1.29. The quantitative estimate of drug-likeness (QED) is 0.438. The zero-order valence-electron chi connectivity index (χ0n) is 17.9. The van der Waals surface area contributed by atoms with Gasteiger partial charge in [0.25, 0.3) is 0 Å². The Morgan fingerprint density at radius 2 is 2.03 bits per heavy atom. The van der Waals surface area contributed by atoms with E-state index in [9.17, 15) is 15.0 Å². The number of carbonyl (C=O) groups is 1. The second-order valence-electron chi connectivity index (χ2n) is 8.64. The Morgan fingerprint density at radius 1 is 1.21 bits per heavy atom. The molecule has 180 valence electrons. The fourth-order valence-electron chi connectivity index (χ4n) is 4.55. The highest BCUT2D eigenvalue weighted by atomic mass is 35.5. The lowest BCUT2D eigenvalue weighted by atomic mass is 10.1. The van der Waals surface area contributed by atoms with Crippen molar-refractivity contribution in [1.82, 2.24) is 24.8 Å². The van der Waals surface area contributed by atoms with E-state index in [2.05, 4.69) is 25.6 Å². The normalized spacial score (nSPS) is 30.2. The SMILES string of the molecule is O=C(NC1CCCC1)OC[C@H]1O[C@@H](n2cnc3c(N[C@@H]4CCOC4)nc(Cl)nc32)[C@H](O)[C@@H]1O. The van der Waals surface area contributed by atoms with Gasteiger partial charge in [-0.2, -0.15) is 9.97 Å². The molecule has 0 unspecified atom stereocenters. The van der Waals surface area contributed by atoms with Crippen LogP contribution in [0.4, 0.5) is 10.6 Å². The Kier molecular flexibility index (Phi) is 6.52. The van der Waals surface area contributed by atoms with Gasteiger partial charge < -0.3 is 35.1 Å². The van der Waals surface area contributed by atoms with Crippen LogP contribution in [0.1, 0.15) is 38.3 Å². The van der Waals surface area contributed by atoms with Crippen molar-refractivity contribution >= 4 is 34.7 Å². The Hall–Kier alpha value is -2.25. The number of ether oxygens (including phenoxy) is 3. The first kappa shape index (κ1) is 22.5. The van der Waals surface area contributed by atoms with Crippen LogP contribution in [0, 0.1) is 0 Å². The second kappa shape index (κ2) is 9.55. The van der Waals surface area contributed by atoms with Crippen LogP contribution in [0.5, 0.6) is 0 Å². The van der Waals surface area contributed by atoms with Gasteiger partial charge in [-0.15, -0.1) is 0 Å². The molecule has 13 heteroatoms. The van der Waals surface area contributed by atoms with Crippen LogP contribution in [-0.4, -0.2) is 86.0 Å². The van der Waals surface area contributed by atoms with Crippen molar-refractivity contribution < 1.29 is 29.2 Å². The third-order valence-electron chi connectivity index (χ3n) is 6.33. The Bertz CT molecular complexity index is 995. The highest BCUT2D eigenvalue weighted by Crippen LogP contribution is 2.33. The van der Waals surface area contributed by atoms with Crippen molar-refractivity contribution in [3.05, 3.63) is 11.6 Å². The molecule has 1 aliphatic carbocycles. The maximum absolute atomic E-state index is 12.1. The Morgan fingerprint density at radius 3 is 2.79 bits per heavy atom. The molecule has 3 aliphatic rings. The van der Waals surface area contributed by atoms with Gasteiger partial charge in [-0.25, -0.2) is 9.78 Å². The molecule has 0 spiro atoms. The summed E-state index contributed by atoms with van der Waals surface area (Å²) in [4.78, 5) is 24.9. The average Bonchev–Trinajstić information content (AvgIpc) is 3.58. The highest BCUT2D eigenvalue weighted by molar-refractivity contribution is 6.28. The van der Waals surface area contributed by atoms with Crippen molar-refractivity contribution in [2.75, 3.05) is 25.1 Å². The van der Waals surface area contributed by atoms with E-state index < -0.39 is 30.6 Å². The van der Waals surface area contributed by atoms with E-state index in [1.165, 1.54) is 10.9 Å². The van der Waals surface area contributed by atoms with Gasteiger partial charge in [-0.3, -0.25) is 4.57 Å². The summed E-state index contributed by atoms with van der Waals surface area (Å²) in [6.07, 6.45) is 1.28. The molecule has 0 aromatic carbocycles. The van der Waals surface area contributed by atoms with Gasteiger partial charge >= 0.3 is 6.09 Å². The van der Waals surface area contributed by atoms with E-state index >= 15 is 0 Å². The van der Waals surface area contributed by atoms with Gasteiger partial charge in [0.2, 0.25) is 5.28 Å². The summed E-state index contributed by atoms with van der Waals surface area (Å²) in [6, 6.07) is 0.196. The molecule has 4 heterocycles. The van der Waals surface area contributed by atoms with E-state index in [4.69, 9.17) is 25.8 Å². The molecule has 3 fully saturated rings. The summed E-state index contributed by atoms with van der Waals surface area (Å²) in [5.74, 6) is 0.454. The average molecular weight is 483 g/mol. The molecule has 12 nitrogen and oxygen atoms in total. The largest absolute Gasteiger partial charge is 0.447 e. The molecule has 0 bridgehead atoms. The number of hydrogen-bond donors (Lipinski definition) is 4. The predicted molar refractivity (Wildman–Crippen MR) is 116 cm³/mol. The van der Waals surface area contributed by atoms with E-state index in [1.807, 2.05) is 0 Å². The number of rotatable bonds is 6. The Balaban J connectivity index is 1.28. The number of nitrogens with zero attached hydrogens (tertiary/aromatic N) is 4. The molecule has 2 saturated heterocycles. The molecule has 2 aliphatic heterocycles. The molecule has 2 aromatic heterocycles. The zero-order valence-corrected chi connectivity index (χ0v) is 18.6. The molecule has 33 heavy (non-hydrogen) atoms. The lowest BCUT2D eigenvalue weighted by molar-refractivity contribution is -0.0534. The summed E-state index contributed by atoms with van der Waals surface area (Å²) < 4.78 is 18.0. The van der Waals surface area contributed by atoms with Gasteiger partial charge in [0, 0.05) is 12.6 Å². The van der Waals surface area contributed by atoms with E-state index in [1.54, 1.807) is 0 Å². The summed E-state index contributed by atoms with van der Waals surface area (Å²) >= 11 is 6.14. The number of amides is 1. The number of anilines is 1. The molecule has 4 N–H and O–H groups in total. The van der Waals surface area contributed by atoms with Crippen LogP contribution in [0.15, 0.2) is 6.33 Å². The van der Waals surface area contributed by atoms with Crippen molar-refractivity contribution in [2.24, 2.45) is 0 Å². The number of hydrogen-bond acceptors (Lipinski definition) is 10. The van der Waals surface area contributed by atoms with Crippen LogP contribution in [0.25, 0.3) is 11.2 Å². The molecule has 1 amide bonds. The van der Waals surface area contributed by atoms with Crippen LogP contribution in [0.3, 0.4) is 0 Å². The molecular formula is C20H27ClN6O6. The summed E-state index contributed by atoms with van der Waals surface area (Å²) in [7, 11) is 0. The van der Waals surface area contributed by atoms with Gasteiger partial charge in [0.15, 0.2) is 23.2 Å². The minimum absolute atomic E-state index is 0.00201. The van der Waals surface area contributed by atoms with E-state index in [0.717, 1.165) is 32.1 Å². The van der Waals surface area contributed by atoms with Crippen molar-refractivity contribution in [3.8, 4) is 0 Å². The van der Waals surface area contributed by atoms with Gasteiger partial charge in [-0.05, 0) is 30.9 Å².